The van der Waals surface area contributed by atoms with Crippen LogP contribution in [0.3, 0.4) is 0 Å². The van der Waals surface area contributed by atoms with Gasteiger partial charge in [-0.3, -0.25) is 4.72 Å². The van der Waals surface area contributed by atoms with Crippen LogP contribution in [-0.4, -0.2) is 25.7 Å². The zero-order valence-electron chi connectivity index (χ0n) is 15.7. The average Bonchev–Trinajstić information content (AvgIpc) is 2.71. The Labute approximate surface area is 166 Å². The Bertz CT molecular complexity index is 944. The number of benzene rings is 2. The van der Waals surface area contributed by atoms with Crippen LogP contribution in [0.15, 0.2) is 79.0 Å². The number of aryl methyl sites for hydroxylation is 1. The average molecular weight is 396 g/mol. The second-order valence-electron chi connectivity index (χ2n) is 6.60. The van der Waals surface area contributed by atoms with Crippen LogP contribution in [0.25, 0.3) is 0 Å². The van der Waals surface area contributed by atoms with Crippen molar-refractivity contribution in [1.29, 1.82) is 0 Å². The van der Waals surface area contributed by atoms with Crippen molar-refractivity contribution in [1.82, 2.24) is 4.98 Å². The van der Waals surface area contributed by atoms with Gasteiger partial charge in [-0.2, -0.15) is 0 Å². The van der Waals surface area contributed by atoms with E-state index in [0.29, 0.717) is 12.2 Å². The highest BCUT2D eigenvalue weighted by atomic mass is 32.2. The number of anilines is 2. The van der Waals surface area contributed by atoms with E-state index in [0.717, 1.165) is 30.6 Å². The third-order valence-corrected chi connectivity index (χ3v) is 5.68. The van der Waals surface area contributed by atoms with Crippen LogP contribution in [-0.2, 0) is 22.9 Å². The van der Waals surface area contributed by atoms with Gasteiger partial charge in [-0.1, -0.05) is 60.7 Å². The van der Waals surface area contributed by atoms with Gasteiger partial charge in [0.2, 0.25) is 10.0 Å². The number of rotatable bonds is 10. The van der Waals surface area contributed by atoms with Gasteiger partial charge in [0.1, 0.15) is 5.82 Å². The zero-order chi connectivity index (χ0) is 19.7. The van der Waals surface area contributed by atoms with Gasteiger partial charge < -0.3 is 5.32 Å². The Balaban J connectivity index is 1.43. The molecule has 0 fully saturated rings. The molecule has 3 rings (SSSR count). The quantitative estimate of drug-likeness (QED) is 0.542. The molecule has 2 aromatic carbocycles. The summed E-state index contributed by atoms with van der Waals surface area (Å²) in [5.41, 5.74) is 3.27. The molecular formula is C22H25N3O2S. The van der Waals surface area contributed by atoms with E-state index in [1.54, 1.807) is 12.3 Å². The molecule has 2 N–H and O–H groups in total. The molecule has 0 amide bonds. The summed E-state index contributed by atoms with van der Waals surface area (Å²) in [5.74, 6) is 0.411. The number of hydrogen-bond acceptors (Lipinski definition) is 4. The van der Waals surface area contributed by atoms with Crippen LogP contribution in [0.4, 0.5) is 11.5 Å². The standard InChI is InChI=1S/C22H25N3O2S/c26-28(27,17-7-12-19-8-3-1-4-9-19)25-22-14-13-21(18-24-22)23-16-15-20-10-5-2-6-11-20/h1-6,8-11,13-14,18,23H,7,12,15-17H2,(H,24,25). The minimum atomic E-state index is -3.40. The normalized spacial score (nSPS) is 11.1. The predicted octanol–water partition coefficient (Wildman–Crippen LogP) is 4.11. The lowest BCUT2D eigenvalue weighted by atomic mass is 10.1. The van der Waals surface area contributed by atoms with E-state index in [1.165, 1.54) is 5.56 Å². The number of sulfonamides is 1. The molecule has 0 saturated heterocycles. The van der Waals surface area contributed by atoms with E-state index >= 15 is 0 Å². The fourth-order valence-corrected chi connectivity index (χ4v) is 3.94. The molecule has 0 atom stereocenters. The lowest BCUT2D eigenvalue weighted by Crippen LogP contribution is -2.18. The largest absolute Gasteiger partial charge is 0.383 e. The van der Waals surface area contributed by atoms with Gasteiger partial charge in [0, 0.05) is 6.54 Å². The van der Waals surface area contributed by atoms with Crippen LogP contribution < -0.4 is 10.0 Å². The Morgan fingerprint density at radius 3 is 2.04 bits per heavy atom. The molecule has 1 heterocycles. The van der Waals surface area contributed by atoms with Crippen molar-refractivity contribution in [3.05, 3.63) is 90.1 Å². The lowest BCUT2D eigenvalue weighted by Gasteiger charge is -2.09. The number of pyridine rings is 1. The van der Waals surface area contributed by atoms with Gasteiger partial charge in [-0.15, -0.1) is 0 Å². The first-order valence-corrected chi connectivity index (χ1v) is 11.0. The van der Waals surface area contributed by atoms with Crippen LogP contribution in [0.2, 0.25) is 0 Å². The molecular weight excluding hydrogens is 370 g/mol. The molecule has 1 aromatic heterocycles. The first-order chi connectivity index (χ1) is 13.6. The summed E-state index contributed by atoms with van der Waals surface area (Å²) >= 11 is 0. The number of nitrogens with one attached hydrogen (secondary N) is 2. The molecule has 6 heteroatoms. The highest BCUT2D eigenvalue weighted by Crippen LogP contribution is 2.12. The maximum absolute atomic E-state index is 12.2. The molecule has 0 aliphatic heterocycles. The first kappa shape index (κ1) is 19.9. The Hall–Kier alpha value is -2.86. The maximum Gasteiger partial charge on any atom is 0.233 e. The second-order valence-corrected chi connectivity index (χ2v) is 8.45. The summed E-state index contributed by atoms with van der Waals surface area (Å²) in [6.07, 6.45) is 3.86. The Morgan fingerprint density at radius 2 is 1.43 bits per heavy atom. The summed E-state index contributed by atoms with van der Waals surface area (Å²) in [4.78, 5) is 4.20. The van der Waals surface area contributed by atoms with Crippen molar-refractivity contribution < 1.29 is 8.42 Å². The summed E-state index contributed by atoms with van der Waals surface area (Å²) < 4.78 is 27.0. The molecule has 3 aromatic rings. The van der Waals surface area contributed by atoms with Crippen LogP contribution in [0, 0.1) is 0 Å². The van der Waals surface area contributed by atoms with Crippen molar-refractivity contribution in [3.63, 3.8) is 0 Å². The first-order valence-electron chi connectivity index (χ1n) is 9.39. The molecule has 0 aliphatic carbocycles. The predicted molar refractivity (Wildman–Crippen MR) is 115 cm³/mol. The van der Waals surface area contributed by atoms with Gasteiger partial charge in [0.15, 0.2) is 0 Å². The lowest BCUT2D eigenvalue weighted by molar-refractivity contribution is 0.598. The molecule has 0 radical (unpaired) electrons. The second kappa shape index (κ2) is 9.90. The molecule has 146 valence electrons. The monoisotopic (exact) mass is 395 g/mol. The van der Waals surface area contributed by atoms with E-state index < -0.39 is 10.0 Å². The van der Waals surface area contributed by atoms with Gasteiger partial charge in [-0.25, -0.2) is 13.4 Å². The summed E-state index contributed by atoms with van der Waals surface area (Å²) in [7, 11) is -3.40. The third-order valence-electron chi connectivity index (χ3n) is 4.33. The smallest absolute Gasteiger partial charge is 0.233 e. The molecule has 0 saturated carbocycles. The van der Waals surface area contributed by atoms with E-state index in [-0.39, 0.29) is 5.75 Å². The minimum Gasteiger partial charge on any atom is -0.383 e. The van der Waals surface area contributed by atoms with Crippen LogP contribution in [0.1, 0.15) is 17.5 Å². The maximum atomic E-state index is 12.2. The third kappa shape index (κ3) is 6.70. The zero-order valence-corrected chi connectivity index (χ0v) is 16.5. The van der Waals surface area contributed by atoms with Crippen molar-refractivity contribution in [2.45, 2.75) is 19.3 Å². The molecule has 0 bridgehead atoms. The van der Waals surface area contributed by atoms with Crippen molar-refractivity contribution in [2.24, 2.45) is 0 Å². The fourth-order valence-electron chi connectivity index (χ4n) is 2.88. The number of aromatic nitrogens is 1. The molecule has 0 spiro atoms. The summed E-state index contributed by atoms with van der Waals surface area (Å²) in [6.45, 7) is 0.788. The topological polar surface area (TPSA) is 71.1 Å². The highest BCUT2D eigenvalue weighted by Gasteiger charge is 2.11. The number of hydrogen-bond donors (Lipinski definition) is 2. The molecule has 0 unspecified atom stereocenters. The van der Waals surface area contributed by atoms with Crippen LogP contribution in [0.5, 0.6) is 0 Å². The molecule has 28 heavy (non-hydrogen) atoms. The van der Waals surface area contributed by atoms with Crippen molar-refractivity contribution >= 4 is 21.5 Å². The van der Waals surface area contributed by atoms with E-state index in [9.17, 15) is 8.42 Å². The minimum absolute atomic E-state index is 0.0701. The summed E-state index contributed by atoms with van der Waals surface area (Å²) in [6, 6.07) is 23.6. The van der Waals surface area contributed by atoms with Gasteiger partial charge in [-0.05, 0) is 42.5 Å². The number of nitrogens with zero attached hydrogens (tertiary/aromatic N) is 1. The fraction of sp³-hybridized carbons (Fsp3) is 0.227. The summed E-state index contributed by atoms with van der Waals surface area (Å²) in [5, 5.41) is 3.30. The molecule has 0 aliphatic rings. The van der Waals surface area contributed by atoms with Gasteiger partial charge >= 0.3 is 0 Å². The van der Waals surface area contributed by atoms with Crippen molar-refractivity contribution in [2.75, 3.05) is 22.3 Å². The van der Waals surface area contributed by atoms with E-state index in [2.05, 4.69) is 27.2 Å². The van der Waals surface area contributed by atoms with E-state index in [4.69, 9.17) is 0 Å². The van der Waals surface area contributed by atoms with Gasteiger partial charge in [0.25, 0.3) is 0 Å². The van der Waals surface area contributed by atoms with Gasteiger partial charge in [0.05, 0.1) is 17.6 Å². The van der Waals surface area contributed by atoms with Crippen molar-refractivity contribution in [3.8, 4) is 0 Å². The molecule has 5 nitrogen and oxygen atoms in total. The Kier molecular flexibility index (Phi) is 7.03. The SMILES string of the molecule is O=S(=O)(CCCc1ccccc1)Nc1ccc(NCCc2ccccc2)cn1. The Morgan fingerprint density at radius 1 is 0.786 bits per heavy atom. The van der Waals surface area contributed by atoms with Crippen LogP contribution >= 0.6 is 0 Å². The highest BCUT2D eigenvalue weighted by molar-refractivity contribution is 7.92. The van der Waals surface area contributed by atoms with E-state index in [1.807, 2.05) is 54.6 Å².